The number of carbonyl (C=O) groups excluding carboxylic acids is 2. The van der Waals surface area contributed by atoms with Crippen LogP contribution in [0.2, 0.25) is 0 Å². The van der Waals surface area contributed by atoms with E-state index in [0.29, 0.717) is 25.9 Å². The van der Waals surface area contributed by atoms with Gasteiger partial charge in [0.2, 0.25) is 11.8 Å². The lowest BCUT2D eigenvalue weighted by atomic mass is 9.91. The van der Waals surface area contributed by atoms with Crippen LogP contribution in [0.3, 0.4) is 0 Å². The average Bonchev–Trinajstić information content (AvgIpc) is 2.59. The number of hydrogen-bond acceptors (Lipinski definition) is 3. The van der Waals surface area contributed by atoms with Crippen molar-refractivity contribution < 1.29 is 9.59 Å². The molecule has 0 bridgehead atoms. The van der Waals surface area contributed by atoms with Crippen LogP contribution in [0.1, 0.15) is 44.2 Å². The number of fused-ring (bicyclic) bond motifs is 1. The third-order valence-electron chi connectivity index (χ3n) is 5.21. The summed E-state index contributed by atoms with van der Waals surface area (Å²) in [4.78, 5) is 29.7. The first kappa shape index (κ1) is 20.7. The van der Waals surface area contributed by atoms with Gasteiger partial charge in [0, 0.05) is 38.5 Å². The fraction of sp³-hybridized carbons (Fsp3) is 0.600. The molecule has 26 heavy (non-hydrogen) atoms. The first-order valence-corrected chi connectivity index (χ1v) is 9.36. The molecule has 2 heterocycles. The van der Waals surface area contributed by atoms with Gasteiger partial charge in [0.1, 0.15) is 6.04 Å². The van der Waals surface area contributed by atoms with Crippen LogP contribution in [0.4, 0.5) is 0 Å². The number of halogens is 1. The van der Waals surface area contributed by atoms with Crippen LogP contribution >= 0.6 is 12.4 Å². The normalized spacial score (nSPS) is 22.6. The monoisotopic (exact) mass is 379 g/mol. The molecule has 0 aliphatic carbocycles. The van der Waals surface area contributed by atoms with Crippen molar-refractivity contribution in [2.45, 2.75) is 58.2 Å². The van der Waals surface area contributed by atoms with Crippen molar-refractivity contribution in [1.82, 2.24) is 9.80 Å². The highest BCUT2D eigenvalue weighted by Crippen LogP contribution is 2.26. The van der Waals surface area contributed by atoms with E-state index in [1.807, 2.05) is 30.9 Å². The fourth-order valence-corrected chi connectivity index (χ4v) is 3.89. The molecule has 0 saturated carbocycles. The molecule has 3 rings (SSSR count). The van der Waals surface area contributed by atoms with Gasteiger partial charge >= 0.3 is 0 Å². The van der Waals surface area contributed by atoms with Crippen LogP contribution in [-0.2, 0) is 22.6 Å². The molecule has 0 aromatic heterocycles. The van der Waals surface area contributed by atoms with Gasteiger partial charge in [-0.05, 0) is 29.9 Å². The van der Waals surface area contributed by atoms with Crippen molar-refractivity contribution in [3.8, 4) is 0 Å². The van der Waals surface area contributed by atoms with Gasteiger partial charge < -0.3 is 15.5 Å². The minimum Gasteiger partial charge on any atom is -0.339 e. The average molecular weight is 380 g/mol. The lowest BCUT2D eigenvalue weighted by Gasteiger charge is -2.40. The second-order valence-electron chi connectivity index (χ2n) is 7.79. The minimum atomic E-state index is -0.397. The Morgan fingerprint density at radius 1 is 1.23 bits per heavy atom. The minimum absolute atomic E-state index is 0. The van der Waals surface area contributed by atoms with E-state index in [1.54, 1.807) is 4.90 Å². The summed E-state index contributed by atoms with van der Waals surface area (Å²) < 4.78 is 0. The highest BCUT2D eigenvalue weighted by Gasteiger charge is 2.37. The zero-order valence-electron chi connectivity index (χ0n) is 15.7. The fourth-order valence-electron chi connectivity index (χ4n) is 3.89. The number of rotatable bonds is 3. The summed E-state index contributed by atoms with van der Waals surface area (Å²) >= 11 is 0. The van der Waals surface area contributed by atoms with Crippen LogP contribution < -0.4 is 5.73 Å². The zero-order valence-corrected chi connectivity index (χ0v) is 16.5. The molecule has 0 spiro atoms. The number of benzene rings is 1. The molecule has 1 aromatic rings. The van der Waals surface area contributed by atoms with E-state index in [4.69, 9.17) is 5.73 Å². The third kappa shape index (κ3) is 4.57. The van der Waals surface area contributed by atoms with Gasteiger partial charge in [0.15, 0.2) is 0 Å². The predicted octanol–water partition coefficient (Wildman–Crippen LogP) is 2.36. The Bertz CT molecular complexity index is 650. The van der Waals surface area contributed by atoms with Crippen LogP contribution in [0, 0.1) is 5.92 Å². The van der Waals surface area contributed by atoms with Gasteiger partial charge in [-0.25, -0.2) is 0 Å². The van der Waals surface area contributed by atoms with Gasteiger partial charge in [-0.2, -0.15) is 0 Å². The van der Waals surface area contributed by atoms with Gasteiger partial charge in [-0.3, -0.25) is 9.59 Å². The Morgan fingerprint density at radius 2 is 1.92 bits per heavy atom. The maximum atomic E-state index is 13.2. The van der Waals surface area contributed by atoms with Crippen molar-refractivity contribution in [2.75, 3.05) is 13.1 Å². The summed E-state index contributed by atoms with van der Waals surface area (Å²) in [6.07, 6.45) is 2.99. The number of nitrogens with two attached hydrogens (primary N) is 1. The summed E-state index contributed by atoms with van der Waals surface area (Å²) in [5.74, 6) is 0.412. The first-order valence-electron chi connectivity index (χ1n) is 9.36. The summed E-state index contributed by atoms with van der Waals surface area (Å²) in [7, 11) is 0. The number of carbonyl (C=O) groups is 2. The predicted molar refractivity (Wildman–Crippen MR) is 105 cm³/mol. The van der Waals surface area contributed by atoms with Crippen LogP contribution in [0.15, 0.2) is 24.3 Å². The van der Waals surface area contributed by atoms with E-state index in [1.165, 1.54) is 5.56 Å². The quantitative estimate of drug-likeness (QED) is 0.876. The van der Waals surface area contributed by atoms with Gasteiger partial charge in [-0.1, -0.05) is 38.1 Å². The topological polar surface area (TPSA) is 66.6 Å². The standard InChI is InChI=1S/C20H29N3O2.ClH/c1-14(2)10-19(24)23-12-16-7-4-3-6-15(16)11-18(23)20(25)22-9-5-8-17(21)13-22;/h3-4,6-7,14,17-18H,5,8-13,21H2,1-2H3;1H. The van der Waals surface area contributed by atoms with E-state index in [2.05, 4.69) is 12.1 Å². The van der Waals surface area contributed by atoms with Crippen LogP contribution in [0.25, 0.3) is 0 Å². The van der Waals surface area contributed by atoms with Gasteiger partial charge in [0.05, 0.1) is 0 Å². The molecule has 2 aliphatic rings. The van der Waals surface area contributed by atoms with Crippen molar-refractivity contribution in [3.05, 3.63) is 35.4 Å². The number of amides is 2. The highest BCUT2D eigenvalue weighted by molar-refractivity contribution is 5.88. The van der Waals surface area contributed by atoms with Gasteiger partial charge in [0.25, 0.3) is 0 Å². The molecule has 2 aliphatic heterocycles. The molecule has 144 valence electrons. The van der Waals surface area contributed by atoms with Crippen LogP contribution in [-0.4, -0.2) is 46.8 Å². The first-order chi connectivity index (χ1) is 12.0. The Kier molecular flexibility index (Phi) is 7.07. The number of nitrogens with zero attached hydrogens (tertiary/aromatic N) is 2. The van der Waals surface area contributed by atoms with E-state index < -0.39 is 6.04 Å². The highest BCUT2D eigenvalue weighted by atomic mass is 35.5. The van der Waals surface area contributed by atoms with E-state index in [9.17, 15) is 9.59 Å². The smallest absolute Gasteiger partial charge is 0.245 e. The van der Waals surface area contributed by atoms with E-state index >= 15 is 0 Å². The molecule has 1 aromatic carbocycles. The Morgan fingerprint density at radius 3 is 2.58 bits per heavy atom. The maximum absolute atomic E-state index is 13.2. The molecular weight excluding hydrogens is 350 g/mol. The molecule has 0 radical (unpaired) electrons. The second kappa shape index (κ2) is 8.87. The number of hydrogen-bond donors (Lipinski definition) is 1. The van der Waals surface area contributed by atoms with Crippen molar-refractivity contribution >= 4 is 24.2 Å². The second-order valence-corrected chi connectivity index (χ2v) is 7.79. The lowest BCUT2D eigenvalue weighted by molar-refractivity contribution is -0.148. The Hall–Kier alpha value is -1.59. The Balaban J connectivity index is 0.00000243. The molecule has 1 fully saturated rings. The molecule has 2 unspecified atom stereocenters. The Labute approximate surface area is 162 Å². The van der Waals surface area contributed by atoms with Crippen LogP contribution in [0.5, 0.6) is 0 Å². The van der Waals surface area contributed by atoms with Crippen molar-refractivity contribution in [2.24, 2.45) is 11.7 Å². The molecule has 1 saturated heterocycles. The zero-order chi connectivity index (χ0) is 18.0. The molecule has 5 nitrogen and oxygen atoms in total. The molecule has 2 amide bonds. The van der Waals surface area contributed by atoms with Gasteiger partial charge in [-0.15, -0.1) is 12.4 Å². The molecule has 2 atom stereocenters. The summed E-state index contributed by atoms with van der Waals surface area (Å²) in [5, 5.41) is 0. The summed E-state index contributed by atoms with van der Waals surface area (Å²) in [6, 6.07) is 7.78. The summed E-state index contributed by atoms with van der Waals surface area (Å²) in [6.45, 7) is 5.95. The van der Waals surface area contributed by atoms with Crippen molar-refractivity contribution in [1.29, 1.82) is 0 Å². The number of piperidine rings is 1. The third-order valence-corrected chi connectivity index (χ3v) is 5.21. The molecular formula is C20H30ClN3O2. The molecule has 2 N–H and O–H groups in total. The number of likely N-dealkylation sites (tertiary alicyclic amines) is 1. The van der Waals surface area contributed by atoms with E-state index in [0.717, 1.165) is 24.9 Å². The van der Waals surface area contributed by atoms with Crippen molar-refractivity contribution in [3.63, 3.8) is 0 Å². The largest absolute Gasteiger partial charge is 0.339 e. The molecule has 6 heteroatoms. The SMILES string of the molecule is CC(C)CC(=O)N1Cc2ccccc2CC1C(=O)N1CCCC(N)C1.Cl. The maximum Gasteiger partial charge on any atom is 0.245 e. The summed E-state index contributed by atoms with van der Waals surface area (Å²) in [5.41, 5.74) is 8.38. The van der Waals surface area contributed by atoms with E-state index in [-0.39, 0.29) is 36.2 Å². The lowest BCUT2D eigenvalue weighted by Crippen LogP contribution is -2.56.